The second-order valence-corrected chi connectivity index (χ2v) is 8.93. The van der Waals surface area contributed by atoms with E-state index in [1.165, 1.54) is 0 Å². The summed E-state index contributed by atoms with van der Waals surface area (Å²) < 4.78 is 16.9. The van der Waals surface area contributed by atoms with E-state index in [4.69, 9.17) is 14.2 Å². The van der Waals surface area contributed by atoms with Crippen molar-refractivity contribution in [3.8, 4) is 17.2 Å². The molecule has 1 saturated carbocycles. The Morgan fingerprint density at radius 2 is 1.90 bits per heavy atom. The van der Waals surface area contributed by atoms with Crippen molar-refractivity contribution < 1.29 is 24.1 Å². The Kier molecular flexibility index (Phi) is 5.26. The first kappa shape index (κ1) is 19.0. The number of hydrogen-bond donors (Lipinski definition) is 2. The summed E-state index contributed by atoms with van der Waals surface area (Å²) in [7, 11) is 0. The molecule has 0 unspecified atom stereocenters. The first-order valence-corrected chi connectivity index (χ1v) is 10.9. The summed E-state index contributed by atoms with van der Waals surface area (Å²) in [5, 5.41) is 14.0. The standard InChI is InChI=1S/C22H30N2O5/c25-18-8-15-11-24(22(26)7-14-3-5-23-6-4-14)12-16(15)9-20(18)29-17-1-2-19-21(10-17)28-13-27-19/h1-2,10,14-16,18,20,23,25H,3-9,11-13H2/t15-,16+,18+,20+/m0/s1. The topological polar surface area (TPSA) is 80.3 Å². The van der Waals surface area contributed by atoms with Gasteiger partial charge in [-0.15, -0.1) is 0 Å². The summed E-state index contributed by atoms with van der Waals surface area (Å²) >= 11 is 0. The number of amides is 1. The van der Waals surface area contributed by atoms with Gasteiger partial charge in [0.2, 0.25) is 12.7 Å². The molecule has 3 aliphatic heterocycles. The number of nitrogens with zero attached hydrogens (tertiary/aromatic N) is 1. The number of piperidine rings is 1. The van der Waals surface area contributed by atoms with E-state index in [9.17, 15) is 9.90 Å². The third-order valence-corrected chi connectivity index (χ3v) is 6.99. The van der Waals surface area contributed by atoms with Crippen molar-refractivity contribution in [1.82, 2.24) is 10.2 Å². The van der Waals surface area contributed by atoms with E-state index in [0.717, 1.165) is 51.2 Å². The molecule has 1 aliphatic carbocycles. The van der Waals surface area contributed by atoms with Crippen LogP contribution < -0.4 is 19.5 Å². The zero-order valence-corrected chi connectivity index (χ0v) is 16.7. The number of likely N-dealkylation sites (tertiary alicyclic amines) is 1. The Hall–Kier alpha value is -1.99. The van der Waals surface area contributed by atoms with Crippen LogP contribution in [0.1, 0.15) is 32.1 Å². The van der Waals surface area contributed by atoms with Crippen LogP contribution in [0, 0.1) is 17.8 Å². The van der Waals surface area contributed by atoms with Crippen molar-refractivity contribution in [2.75, 3.05) is 33.0 Å². The normalized spacial score (nSPS) is 31.6. The van der Waals surface area contributed by atoms with Crippen LogP contribution in [0.25, 0.3) is 0 Å². The maximum absolute atomic E-state index is 12.8. The fourth-order valence-electron chi connectivity index (χ4n) is 5.31. The van der Waals surface area contributed by atoms with Gasteiger partial charge in [0.1, 0.15) is 11.9 Å². The number of nitrogens with one attached hydrogen (secondary N) is 1. The molecule has 0 aromatic heterocycles. The Morgan fingerprint density at radius 3 is 2.72 bits per heavy atom. The number of aliphatic hydroxyl groups excluding tert-OH is 1. The molecule has 3 heterocycles. The molecular formula is C22H30N2O5. The van der Waals surface area contributed by atoms with Gasteiger partial charge in [-0.25, -0.2) is 0 Å². The molecule has 2 N–H and O–H groups in total. The zero-order chi connectivity index (χ0) is 19.8. The quantitative estimate of drug-likeness (QED) is 0.799. The van der Waals surface area contributed by atoms with Crippen LogP contribution in [0.15, 0.2) is 18.2 Å². The zero-order valence-electron chi connectivity index (χ0n) is 16.7. The summed E-state index contributed by atoms with van der Waals surface area (Å²) in [5.74, 6) is 3.66. The average molecular weight is 402 g/mol. The molecule has 1 aromatic carbocycles. The largest absolute Gasteiger partial charge is 0.488 e. The molecular weight excluding hydrogens is 372 g/mol. The predicted octanol–water partition coefficient (Wildman–Crippen LogP) is 1.78. The number of carbonyl (C=O) groups excluding carboxylic acids is 1. The summed E-state index contributed by atoms with van der Waals surface area (Å²) in [4.78, 5) is 14.8. The highest BCUT2D eigenvalue weighted by molar-refractivity contribution is 5.76. The molecule has 4 aliphatic rings. The number of aliphatic hydroxyl groups is 1. The van der Waals surface area contributed by atoms with E-state index in [1.807, 2.05) is 23.1 Å². The highest BCUT2D eigenvalue weighted by Crippen LogP contribution is 2.40. The summed E-state index contributed by atoms with van der Waals surface area (Å²) in [6.45, 7) is 3.85. The monoisotopic (exact) mass is 402 g/mol. The van der Waals surface area contributed by atoms with E-state index >= 15 is 0 Å². The van der Waals surface area contributed by atoms with E-state index in [-0.39, 0.29) is 18.8 Å². The lowest BCUT2D eigenvalue weighted by Gasteiger charge is -2.35. The SMILES string of the molecule is O=C(CC1CCNCC1)N1C[C@H]2C[C@@H](Oc3ccc4c(c3)OCO4)[C@H](O)C[C@H]2C1. The number of benzene rings is 1. The molecule has 29 heavy (non-hydrogen) atoms. The van der Waals surface area contributed by atoms with Gasteiger partial charge in [-0.05, 0) is 68.7 Å². The highest BCUT2D eigenvalue weighted by atomic mass is 16.7. The van der Waals surface area contributed by atoms with E-state index < -0.39 is 6.10 Å². The molecule has 3 fully saturated rings. The Labute approximate surface area is 171 Å². The van der Waals surface area contributed by atoms with Gasteiger partial charge < -0.3 is 29.5 Å². The molecule has 0 spiro atoms. The van der Waals surface area contributed by atoms with Crippen LogP contribution in [0.3, 0.4) is 0 Å². The maximum atomic E-state index is 12.8. The van der Waals surface area contributed by atoms with E-state index in [1.54, 1.807) is 0 Å². The molecule has 2 saturated heterocycles. The lowest BCUT2D eigenvalue weighted by atomic mass is 9.78. The van der Waals surface area contributed by atoms with Crippen LogP contribution in [0.4, 0.5) is 0 Å². The molecule has 1 aromatic rings. The number of rotatable bonds is 4. The first-order valence-electron chi connectivity index (χ1n) is 10.9. The second-order valence-electron chi connectivity index (χ2n) is 8.93. The van der Waals surface area contributed by atoms with Crippen molar-refractivity contribution in [3.05, 3.63) is 18.2 Å². The van der Waals surface area contributed by atoms with Gasteiger partial charge in [0.05, 0.1) is 6.10 Å². The molecule has 0 radical (unpaired) electrons. The minimum atomic E-state index is -0.513. The number of carbonyl (C=O) groups is 1. The summed E-state index contributed by atoms with van der Waals surface area (Å²) in [5.41, 5.74) is 0. The second kappa shape index (κ2) is 8.03. The number of hydrogen-bond acceptors (Lipinski definition) is 6. The Balaban J connectivity index is 1.18. The van der Waals surface area contributed by atoms with E-state index in [2.05, 4.69) is 5.32 Å². The lowest BCUT2D eigenvalue weighted by Crippen LogP contribution is -2.42. The smallest absolute Gasteiger partial charge is 0.231 e. The van der Waals surface area contributed by atoms with Gasteiger partial charge in [0, 0.05) is 25.6 Å². The van der Waals surface area contributed by atoms with Gasteiger partial charge in [-0.1, -0.05) is 0 Å². The van der Waals surface area contributed by atoms with Gasteiger partial charge in [-0.2, -0.15) is 0 Å². The minimum Gasteiger partial charge on any atom is -0.488 e. The molecule has 1 amide bonds. The van der Waals surface area contributed by atoms with Crippen molar-refractivity contribution in [2.24, 2.45) is 17.8 Å². The summed E-state index contributed by atoms with van der Waals surface area (Å²) in [6, 6.07) is 5.52. The fraction of sp³-hybridized carbons (Fsp3) is 0.682. The summed E-state index contributed by atoms with van der Waals surface area (Å²) in [6.07, 6.45) is 3.56. The van der Waals surface area contributed by atoms with Gasteiger partial charge in [-0.3, -0.25) is 4.79 Å². The van der Waals surface area contributed by atoms with Crippen molar-refractivity contribution >= 4 is 5.91 Å². The Bertz CT molecular complexity index is 751. The maximum Gasteiger partial charge on any atom is 0.231 e. The van der Waals surface area contributed by atoms with Gasteiger partial charge >= 0.3 is 0 Å². The fourth-order valence-corrected chi connectivity index (χ4v) is 5.31. The molecule has 158 valence electrons. The van der Waals surface area contributed by atoms with Crippen LogP contribution >= 0.6 is 0 Å². The predicted molar refractivity (Wildman–Crippen MR) is 106 cm³/mol. The molecule has 7 nitrogen and oxygen atoms in total. The van der Waals surface area contributed by atoms with E-state index in [0.29, 0.717) is 42.1 Å². The van der Waals surface area contributed by atoms with Crippen LogP contribution in [0.2, 0.25) is 0 Å². The molecule has 5 rings (SSSR count). The van der Waals surface area contributed by atoms with Crippen LogP contribution in [-0.2, 0) is 4.79 Å². The minimum absolute atomic E-state index is 0.232. The average Bonchev–Trinajstić information content (AvgIpc) is 3.35. The third-order valence-electron chi connectivity index (χ3n) is 6.99. The first-order chi connectivity index (χ1) is 14.2. The van der Waals surface area contributed by atoms with Crippen molar-refractivity contribution in [1.29, 1.82) is 0 Å². The molecule has 0 bridgehead atoms. The lowest BCUT2D eigenvalue weighted by molar-refractivity contribution is -0.131. The van der Waals surface area contributed by atoms with Crippen molar-refractivity contribution in [3.63, 3.8) is 0 Å². The highest BCUT2D eigenvalue weighted by Gasteiger charge is 2.44. The Morgan fingerprint density at radius 1 is 1.14 bits per heavy atom. The van der Waals surface area contributed by atoms with Gasteiger partial charge in [0.25, 0.3) is 0 Å². The van der Waals surface area contributed by atoms with Crippen LogP contribution in [-0.4, -0.2) is 61.1 Å². The number of fused-ring (bicyclic) bond motifs is 2. The van der Waals surface area contributed by atoms with Crippen LogP contribution in [0.5, 0.6) is 17.2 Å². The third kappa shape index (κ3) is 4.03. The number of ether oxygens (including phenoxy) is 3. The van der Waals surface area contributed by atoms with Gasteiger partial charge in [0.15, 0.2) is 11.5 Å². The molecule has 7 heteroatoms. The molecule has 4 atom stereocenters. The van der Waals surface area contributed by atoms with Crippen molar-refractivity contribution in [2.45, 2.75) is 44.3 Å².